The Morgan fingerprint density at radius 3 is 1.78 bits per heavy atom. The molecule has 0 spiro atoms. The van der Waals surface area contributed by atoms with Gasteiger partial charge in [0.2, 0.25) is 0 Å². The van der Waals surface area contributed by atoms with Gasteiger partial charge in [-0.1, -0.05) is 133 Å². The zero-order chi connectivity index (χ0) is 33.0. The van der Waals surface area contributed by atoms with Gasteiger partial charge in [-0.25, -0.2) is 4.98 Å². The number of nitrogens with zero attached hydrogens (tertiary/aromatic N) is 3. The molecule has 0 unspecified atom stereocenters. The van der Waals surface area contributed by atoms with Crippen molar-refractivity contribution in [3.05, 3.63) is 176 Å². The average Bonchev–Trinajstić information content (AvgIpc) is 3.20. The van der Waals surface area contributed by atoms with Gasteiger partial charge in [0.15, 0.2) is 0 Å². The third kappa shape index (κ3) is 4.56. The second-order valence-corrected chi connectivity index (χ2v) is 12.8. The molecular weight excluding hydrogens is 607 g/mol. The summed E-state index contributed by atoms with van der Waals surface area (Å²) in [5, 5.41) is 8.22. The van der Waals surface area contributed by atoms with Crippen LogP contribution in [0.1, 0.15) is 0 Å². The molecule has 0 bridgehead atoms. The van der Waals surface area contributed by atoms with E-state index in [-0.39, 0.29) is 0 Å². The van der Waals surface area contributed by atoms with Crippen molar-refractivity contribution in [1.29, 1.82) is 0 Å². The summed E-state index contributed by atoms with van der Waals surface area (Å²) in [7, 11) is 0. The van der Waals surface area contributed by atoms with Gasteiger partial charge in [-0.05, 0) is 85.3 Å². The fourth-order valence-corrected chi connectivity index (χ4v) is 7.61. The van der Waals surface area contributed by atoms with Crippen LogP contribution in [0, 0.1) is 0 Å². The first-order valence-corrected chi connectivity index (χ1v) is 16.9. The lowest BCUT2D eigenvalue weighted by atomic mass is 9.89. The molecule has 0 saturated carbocycles. The highest BCUT2D eigenvalue weighted by molar-refractivity contribution is 6.16. The molecule has 0 fully saturated rings. The zero-order valence-corrected chi connectivity index (χ0v) is 27.1. The lowest BCUT2D eigenvalue weighted by Gasteiger charge is -2.16. The predicted octanol–water partition coefficient (Wildman–Crippen LogP) is 12.3. The van der Waals surface area contributed by atoms with Crippen molar-refractivity contribution in [3.63, 3.8) is 0 Å². The molecule has 50 heavy (non-hydrogen) atoms. The molecule has 0 amide bonds. The average molecular weight is 636 g/mol. The van der Waals surface area contributed by atoms with Gasteiger partial charge in [0.25, 0.3) is 0 Å². The summed E-state index contributed by atoms with van der Waals surface area (Å²) in [6.45, 7) is 0. The molecule has 10 aromatic rings. The number of fused-ring (bicyclic) bond motifs is 7. The molecule has 0 aliphatic heterocycles. The topological polar surface area (TPSA) is 38.7 Å². The summed E-state index contributed by atoms with van der Waals surface area (Å²) >= 11 is 0. The van der Waals surface area contributed by atoms with E-state index in [0.29, 0.717) is 0 Å². The minimum absolute atomic E-state index is 0.927. The third-order valence-corrected chi connectivity index (χ3v) is 9.95. The van der Waals surface area contributed by atoms with E-state index in [1.165, 1.54) is 54.7 Å². The summed E-state index contributed by atoms with van der Waals surface area (Å²) in [4.78, 5) is 14.6. The predicted molar refractivity (Wildman–Crippen MR) is 209 cm³/mol. The Labute approximate surface area is 289 Å². The molecule has 7 aromatic carbocycles. The van der Waals surface area contributed by atoms with Crippen molar-refractivity contribution in [1.82, 2.24) is 15.0 Å². The molecule has 0 aliphatic carbocycles. The molecule has 3 heteroatoms. The Hall–Kier alpha value is -6.71. The summed E-state index contributed by atoms with van der Waals surface area (Å²) in [6.07, 6.45) is 3.69. The first-order chi connectivity index (χ1) is 24.8. The first kappa shape index (κ1) is 28.3. The van der Waals surface area contributed by atoms with Crippen molar-refractivity contribution in [3.8, 4) is 44.6 Å². The zero-order valence-electron chi connectivity index (χ0n) is 27.1. The number of pyridine rings is 3. The molecule has 0 saturated heterocycles. The van der Waals surface area contributed by atoms with E-state index in [4.69, 9.17) is 9.97 Å². The molecular formula is C47H29N3. The number of hydrogen-bond donors (Lipinski definition) is 0. The van der Waals surface area contributed by atoms with Crippen LogP contribution in [0.3, 0.4) is 0 Å². The molecule has 3 aromatic heterocycles. The van der Waals surface area contributed by atoms with E-state index in [1.807, 2.05) is 30.6 Å². The maximum absolute atomic E-state index is 5.14. The molecule has 3 heterocycles. The van der Waals surface area contributed by atoms with E-state index < -0.39 is 0 Å². The van der Waals surface area contributed by atoms with Crippen LogP contribution in [-0.4, -0.2) is 15.0 Å². The lowest BCUT2D eigenvalue weighted by molar-refractivity contribution is 1.37. The van der Waals surface area contributed by atoms with Gasteiger partial charge >= 0.3 is 0 Å². The highest BCUT2D eigenvalue weighted by atomic mass is 14.7. The van der Waals surface area contributed by atoms with E-state index in [9.17, 15) is 0 Å². The van der Waals surface area contributed by atoms with Crippen LogP contribution in [0.25, 0.3) is 98.9 Å². The van der Waals surface area contributed by atoms with Crippen LogP contribution >= 0.6 is 0 Å². The summed E-state index contributed by atoms with van der Waals surface area (Å²) in [5.74, 6) is 0. The molecule has 3 nitrogen and oxygen atoms in total. The van der Waals surface area contributed by atoms with Crippen molar-refractivity contribution < 1.29 is 0 Å². The summed E-state index contributed by atoms with van der Waals surface area (Å²) in [6, 6.07) is 58.5. The molecule has 0 N–H and O–H groups in total. The van der Waals surface area contributed by atoms with Crippen LogP contribution < -0.4 is 0 Å². The van der Waals surface area contributed by atoms with Crippen LogP contribution in [0.4, 0.5) is 0 Å². The third-order valence-electron chi connectivity index (χ3n) is 9.95. The van der Waals surface area contributed by atoms with Gasteiger partial charge in [-0.15, -0.1) is 0 Å². The van der Waals surface area contributed by atoms with Gasteiger partial charge in [0, 0.05) is 34.1 Å². The van der Waals surface area contributed by atoms with Gasteiger partial charge < -0.3 is 0 Å². The Balaban J connectivity index is 1.13. The van der Waals surface area contributed by atoms with Crippen LogP contribution in [-0.2, 0) is 0 Å². The Morgan fingerprint density at radius 1 is 0.340 bits per heavy atom. The molecule has 0 radical (unpaired) electrons. The number of aromatic nitrogens is 3. The Bertz CT molecular complexity index is 2910. The van der Waals surface area contributed by atoms with Crippen LogP contribution in [0.5, 0.6) is 0 Å². The Morgan fingerprint density at radius 2 is 0.960 bits per heavy atom. The fourth-order valence-electron chi connectivity index (χ4n) is 7.61. The van der Waals surface area contributed by atoms with E-state index in [1.54, 1.807) is 0 Å². The van der Waals surface area contributed by atoms with Gasteiger partial charge in [0.05, 0.1) is 22.2 Å². The highest BCUT2D eigenvalue weighted by Crippen LogP contribution is 2.41. The quantitative estimate of drug-likeness (QED) is 0.181. The number of benzene rings is 7. The van der Waals surface area contributed by atoms with Gasteiger partial charge in [0.1, 0.15) is 0 Å². The Kier molecular flexibility index (Phi) is 6.49. The van der Waals surface area contributed by atoms with Gasteiger partial charge in [-0.3, -0.25) is 9.97 Å². The number of hydrogen-bond acceptors (Lipinski definition) is 3. The maximum atomic E-state index is 5.14. The highest BCUT2D eigenvalue weighted by Gasteiger charge is 2.16. The van der Waals surface area contributed by atoms with E-state index in [2.05, 4.69) is 151 Å². The van der Waals surface area contributed by atoms with Crippen LogP contribution in [0.15, 0.2) is 176 Å². The fraction of sp³-hybridized carbons (Fsp3) is 0. The second-order valence-electron chi connectivity index (χ2n) is 12.8. The monoisotopic (exact) mass is 635 g/mol. The standard InChI is InChI=1S/C47H29N3/c1-2-11-33(12-3-1)44-29-41(45-36-14-5-4-10-30(36)22-25-43(45)50-44)32-20-18-31(19-21-32)35-23-24-39(38-16-7-6-15-37(35)38)42-28-34-13-8-26-48-46(34)47-40(42)17-9-27-49-47/h1-29H. The minimum Gasteiger partial charge on any atom is -0.254 e. The van der Waals surface area contributed by atoms with E-state index >= 15 is 0 Å². The smallest absolute Gasteiger partial charge is 0.0970 e. The summed E-state index contributed by atoms with van der Waals surface area (Å²) in [5.41, 5.74) is 12.0. The molecule has 232 valence electrons. The second kappa shape index (κ2) is 11.5. The molecule has 0 aliphatic rings. The normalized spacial score (nSPS) is 11.6. The summed E-state index contributed by atoms with van der Waals surface area (Å²) < 4.78 is 0. The van der Waals surface area contributed by atoms with Crippen molar-refractivity contribution in [2.75, 3.05) is 0 Å². The van der Waals surface area contributed by atoms with Crippen molar-refractivity contribution >= 4 is 54.3 Å². The maximum Gasteiger partial charge on any atom is 0.0970 e. The molecule has 10 rings (SSSR count). The molecule has 0 atom stereocenters. The number of rotatable bonds is 4. The van der Waals surface area contributed by atoms with Crippen molar-refractivity contribution in [2.45, 2.75) is 0 Å². The lowest BCUT2D eigenvalue weighted by Crippen LogP contribution is -1.92. The van der Waals surface area contributed by atoms with Crippen molar-refractivity contribution in [2.24, 2.45) is 0 Å². The van der Waals surface area contributed by atoms with E-state index in [0.717, 1.165) is 44.1 Å². The SMILES string of the molecule is c1ccc(-c2cc(-c3ccc(-c4ccc(-c5cc6cccnc6c6ncccc56)c5ccccc45)cc3)c3c(ccc4ccccc43)n2)cc1. The minimum atomic E-state index is 0.927. The largest absolute Gasteiger partial charge is 0.254 e. The van der Waals surface area contributed by atoms with Gasteiger partial charge in [-0.2, -0.15) is 0 Å². The van der Waals surface area contributed by atoms with Crippen LogP contribution in [0.2, 0.25) is 0 Å². The first-order valence-electron chi connectivity index (χ1n) is 16.9.